The van der Waals surface area contributed by atoms with Crippen molar-refractivity contribution >= 4 is 0 Å². The molecule has 0 amide bonds. The van der Waals surface area contributed by atoms with E-state index >= 15 is 0 Å². The first-order valence-corrected chi connectivity index (χ1v) is 18.6. The van der Waals surface area contributed by atoms with Gasteiger partial charge in [-0.05, 0) is 6.92 Å². The van der Waals surface area contributed by atoms with Crippen LogP contribution in [0.5, 0.6) is 0 Å². The van der Waals surface area contributed by atoms with Crippen LogP contribution in [0.25, 0.3) is 5.73 Å². The molecule has 0 aromatic heterocycles. The number of aliphatic hydroxyl groups is 14. The van der Waals surface area contributed by atoms with E-state index in [1.54, 1.807) is 0 Å². The van der Waals surface area contributed by atoms with Crippen LogP contribution < -0.4 is 0 Å². The zero-order chi connectivity index (χ0) is 42.7. The summed E-state index contributed by atoms with van der Waals surface area (Å²) >= 11 is 0. The Bertz CT molecular complexity index is 1280. The van der Waals surface area contributed by atoms with Gasteiger partial charge in [0.25, 0.3) is 0 Å². The molecule has 5 saturated heterocycles. The van der Waals surface area contributed by atoms with Gasteiger partial charge in [0.1, 0.15) is 110 Å². The predicted molar refractivity (Wildman–Crippen MR) is 181 cm³/mol. The molecule has 16 unspecified atom stereocenters. The van der Waals surface area contributed by atoms with E-state index in [1.807, 2.05) is 0 Å². The van der Waals surface area contributed by atoms with Crippen LogP contribution in [0.3, 0.4) is 0 Å². The van der Waals surface area contributed by atoms with Crippen molar-refractivity contribution in [1.82, 2.24) is 0 Å². The van der Waals surface area contributed by atoms with Gasteiger partial charge in [-0.2, -0.15) is 0 Å². The second-order valence-electron chi connectivity index (χ2n) is 14.6. The zero-order valence-corrected chi connectivity index (χ0v) is 36.4. The second-order valence-corrected chi connectivity index (χ2v) is 14.6. The Kier molecular flexibility index (Phi) is 20.1. The first-order valence-electron chi connectivity index (χ1n) is 18.6. The summed E-state index contributed by atoms with van der Waals surface area (Å²) in [5.41, 5.74) is 8.98. The van der Waals surface area contributed by atoms with E-state index in [-0.39, 0.29) is 50.7 Å². The van der Waals surface area contributed by atoms with E-state index in [2.05, 4.69) is 6.58 Å². The van der Waals surface area contributed by atoms with Gasteiger partial charge in [0, 0.05) is 44.1 Å². The van der Waals surface area contributed by atoms with Gasteiger partial charge in [-0.3, -0.25) is 0 Å². The molecule has 0 aromatic rings. The Balaban J connectivity index is 0.00000769. The molecule has 5 rings (SSSR count). The average Bonchev–Trinajstić information content (AvgIpc) is 3.21. The number of aliphatic hydroxyl groups excluding tert-OH is 14. The Morgan fingerprint density at radius 2 is 0.898 bits per heavy atom. The topological polar surface area (TPSA) is 399 Å². The SMILES string of the molecule is C=CCO[C@@H]1OC(CO)[C@H](O[C@@H]2OC(CO)[C@H](O)C(OC3OC(CO)[C@H](O)C(O[C@@H]4OC(CO)[C@H](O)C(O)C4O[C@@H]4OC(C)[C@H](O)C(O)C4O)C3[NH-])C2O)C(O)C1O.[Ac]. The summed E-state index contributed by atoms with van der Waals surface area (Å²) in [5, 5.41) is 148. The standard InChI is InChI=1S/C33H56NO24.Ac/c1-3-4-49-30-23(47)21(45)25(13(8-38)54-30)55-32-24(48)27(18(42)12(7-37)52-32)57-29-14(34)26(17(41)11(6-36)51-29)56-33-28(20(44)16(40)10(5-35)53-33)58-31-22(46)19(43)15(39)9(2)50-31;/h3,9-48H,1,4-8H2,2H3;/q-1;/t9?,10?,11?,12?,13?,14?,15-,16-,17-,18-,19?,20?,21?,22?,23?,24?,25-,26?,27?,28?,29?,30+,31-,32-,33-;/m0./s1. The van der Waals surface area contributed by atoms with E-state index in [9.17, 15) is 71.5 Å². The van der Waals surface area contributed by atoms with Crippen molar-refractivity contribution in [2.24, 2.45) is 0 Å². The molecule has 1 radical (unpaired) electrons. The minimum atomic E-state index is -2.05. The van der Waals surface area contributed by atoms with Crippen LogP contribution >= 0.6 is 0 Å². The summed E-state index contributed by atoms with van der Waals surface area (Å²) in [4.78, 5) is 0. The molecule has 0 aromatic carbocycles. The smallest absolute Gasteiger partial charge is 0.187 e. The fourth-order valence-corrected chi connectivity index (χ4v) is 7.25. The van der Waals surface area contributed by atoms with Crippen molar-refractivity contribution in [3.8, 4) is 0 Å². The van der Waals surface area contributed by atoms with Crippen LogP contribution in [-0.4, -0.2) is 258 Å². The minimum absolute atomic E-state index is 0. The van der Waals surface area contributed by atoms with Crippen LogP contribution in [0.4, 0.5) is 0 Å². The van der Waals surface area contributed by atoms with Gasteiger partial charge in [-0.25, -0.2) is 0 Å². The molecule has 0 bridgehead atoms. The van der Waals surface area contributed by atoms with Crippen LogP contribution in [-0.2, 0) is 47.4 Å². The third kappa shape index (κ3) is 11.2. The molecule has 0 spiro atoms. The Labute approximate surface area is 372 Å². The molecule has 341 valence electrons. The zero-order valence-electron chi connectivity index (χ0n) is 31.7. The number of hydrogen-bond acceptors (Lipinski definition) is 24. The summed E-state index contributed by atoms with van der Waals surface area (Å²) in [6.45, 7) is 1.21. The van der Waals surface area contributed by atoms with Gasteiger partial charge in [0.05, 0.1) is 45.2 Å². The summed E-state index contributed by atoms with van der Waals surface area (Å²) in [7, 11) is 0. The number of hydrogen-bond donors (Lipinski definition) is 14. The van der Waals surface area contributed by atoms with Crippen LogP contribution in [0.2, 0.25) is 0 Å². The molecule has 15 N–H and O–H groups in total. The van der Waals surface area contributed by atoms with Crippen LogP contribution in [0.15, 0.2) is 12.7 Å². The van der Waals surface area contributed by atoms with Gasteiger partial charge in [-0.1, -0.05) is 12.1 Å². The maximum atomic E-state index is 11.4. The maximum Gasteiger partial charge on any atom is 0.187 e. The molecule has 25 atom stereocenters. The third-order valence-electron chi connectivity index (χ3n) is 10.7. The molecule has 5 aliphatic rings. The maximum absolute atomic E-state index is 11.4. The molecular weight excluding hydrogens is 1020 g/mol. The fourth-order valence-electron chi connectivity index (χ4n) is 7.25. The number of ether oxygens (including phenoxy) is 10. The molecule has 5 fully saturated rings. The summed E-state index contributed by atoms with van der Waals surface area (Å²) < 4.78 is 56.2. The van der Waals surface area contributed by atoms with Gasteiger partial charge in [-0.15, -0.1) is 6.58 Å². The molecule has 26 heteroatoms. The van der Waals surface area contributed by atoms with Crippen molar-refractivity contribution < 1.29 is 163 Å². The first-order chi connectivity index (χ1) is 27.5. The van der Waals surface area contributed by atoms with Crippen molar-refractivity contribution in [2.45, 2.75) is 160 Å². The largest absolute Gasteiger partial charge is 0.668 e. The molecular formula is C33H56AcNO24-. The van der Waals surface area contributed by atoms with Gasteiger partial charge >= 0.3 is 0 Å². The Morgan fingerprint density at radius 1 is 0.458 bits per heavy atom. The number of rotatable bonds is 15. The normalized spacial score (nSPS) is 50.8. The second kappa shape index (κ2) is 22.9. The monoisotopic (exact) mass is 1080 g/mol. The van der Waals surface area contributed by atoms with Gasteiger partial charge < -0.3 is 125 Å². The summed E-state index contributed by atoms with van der Waals surface area (Å²) in [5.74, 6) is 0. The quantitative estimate of drug-likeness (QED) is 0.0677. The van der Waals surface area contributed by atoms with E-state index < -0.39 is 180 Å². The van der Waals surface area contributed by atoms with Crippen molar-refractivity contribution in [2.75, 3.05) is 33.0 Å². The van der Waals surface area contributed by atoms with E-state index in [0.717, 1.165) is 0 Å². The minimum Gasteiger partial charge on any atom is -0.668 e. The average molecular weight is 1080 g/mol. The molecule has 25 nitrogen and oxygen atoms in total. The summed E-state index contributed by atoms with van der Waals surface area (Å²) in [6.07, 6.45) is -40.4. The molecule has 0 aliphatic carbocycles. The van der Waals surface area contributed by atoms with Gasteiger partial charge in [0.15, 0.2) is 25.2 Å². The van der Waals surface area contributed by atoms with E-state index in [1.165, 1.54) is 13.0 Å². The molecule has 5 heterocycles. The van der Waals surface area contributed by atoms with Crippen molar-refractivity contribution in [3.05, 3.63) is 18.4 Å². The molecule has 59 heavy (non-hydrogen) atoms. The van der Waals surface area contributed by atoms with Crippen molar-refractivity contribution in [3.63, 3.8) is 0 Å². The third-order valence-corrected chi connectivity index (χ3v) is 10.7. The fraction of sp³-hybridized carbons (Fsp3) is 0.939. The first kappa shape index (κ1) is 51.8. The Morgan fingerprint density at radius 3 is 1.49 bits per heavy atom. The van der Waals surface area contributed by atoms with E-state index in [4.69, 9.17) is 53.1 Å². The van der Waals surface area contributed by atoms with Crippen LogP contribution in [0, 0.1) is 44.1 Å². The van der Waals surface area contributed by atoms with Gasteiger partial charge in [0.2, 0.25) is 0 Å². The molecule has 5 aliphatic heterocycles. The predicted octanol–water partition coefficient (Wildman–Crippen LogP) is -8.63. The Hall–Kier alpha value is 0.182. The van der Waals surface area contributed by atoms with Crippen LogP contribution in [0.1, 0.15) is 6.92 Å². The summed E-state index contributed by atoms with van der Waals surface area (Å²) in [6, 6.07) is -1.91. The number of nitrogens with one attached hydrogen (secondary N) is 1. The van der Waals surface area contributed by atoms with E-state index in [0.29, 0.717) is 0 Å². The van der Waals surface area contributed by atoms with Crippen molar-refractivity contribution in [1.29, 1.82) is 0 Å². The molecule has 0 saturated carbocycles.